The summed E-state index contributed by atoms with van der Waals surface area (Å²) in [6, 6.07) is -1.61. The largest absolute Gasteiger partial charge is 0.489 e. The van der Waals surface area contributed by atoms with Crippen molar-refractivity contribution in [3.8, 4) is 5.75 Å². The van der Waals surface area contributed by atoms with Crippen LogP contribution in [0.25, 0.3) is 0 Å². The van der Waals surface area contributed by atoms with Crippen LogP contribution in [0.5, 0.6) is 5.75 Å². The Kier molecular flexibility index (Phi) is 4.81. The van der Waals surface area contributed by atoms with E-state index in [4.69, 9.17) is 22.1 Å². The van der Waals surface area contributed by atoms with E-state index in [0.717, 1.165) is 6.07 Å². The van der Waals surface area contributed by atoms with Gasteiger partial charge in [-0.2, -0.15) is 22.0 Å². The third-order valence-corrected chi connectivity index (χ3v) is 2.72. The third kappa shape index (κ3) is 3.12. The van der Waals surface area contributed by atoms with Gasteiger partial charge in [-0.1, -0.05) is 11.6 Å². The molecule has 1 rings (SSSR count). The van der Waals surface area contributed by atoms with Crippen LogP contribution < -0.4 is 10.5 Å². The number of halogens is 7. The molecular weight excluding hydrogens is 312 g/mol. The van der Waals surface area contributed by atoms with Gasteiger partial charge in [-0.05, 0) is 24.6 Å². The quantitative estimate of drug-likeness (QED) is 0.848. The molecule has 1 aromatic rings. The highest BCUT2D eigenvalue weighted by atomic mass is 35.5. The van der Waals surface area contributed by atoms with E-state index in [2.05, 4.69) is 0 Å². The van der Waals surface area contributed by atoms with E-state index in [1.807, 2.05) is 0 Å². The minimum atomic E-state index is -5.85. The second-order valence-electron chi connectivity index (χ2n) is 3.85. The summed E-state index contributed by atoms with van der Waals surface area (Å²) >= 11 is 5.58. The predicted octanol–water partition coefficient (Wildman–Crippen LogP) is 4.08. The molecule has 0 fully saturated rings. The third-order valence-electron chi connectivity index (χ3n) is 2.44. The van der Waals surface area contributed by atoms with Crippen molar-refractivity contribution in [2.24, 2.45) is 5.73 Å². The fraction of sp³-hybridized carbons (Fsp3) is 0.455. The van der Waals surface area contributed by atoms with Crippen LogP contribution in [0.3, 0.4) is 0 Å². The van der Waals surface area contributed by atoms with E-state index in [9.17, 15) is 26.3 Å². The Labute approximate surface area is 115 Å². The summed E-state index contributed by atoms with van der Waals surface area (Å²) < 4.78 is 81.1. The molecule has 0 aliphatic carbocycles. The molecule has 20 heavy (non-hydrogen) atoms. The molecule has 0 saturated heterocycles. The van der Waals surface area contributed by atoms with E-state index in [-0.39, 0.29) is 6.61 Å². The number of rotatable bonds is 4. The number of hydrogen-bond acceptors (Lipinski definition) is 2. The van der Waals surface area contributed by atoms with Crippen molar-refractivity contribution in [3.05, 3.63) is 28.5 Å². The fourth-order valence-corrected chi connectivity index (χ4v) is 1.70. The average molecular weight is 322 g/mol. The SMILES string of the molecule is CCOc1c(F)cc([C@H](N)C(F)(F)C(F)(F)F)cc1Cl. The molecule has 0 spiro atoms. The first-order valence-electron chi connectivity index (χ1n) is 5.34. The highest BCUT2D eigenvalue weighted by Gasteiger charge is 2.61. The smallest absolute Gasteiger partial charge is 0.455 e. The summed E-state index contributed by atoms with van der Waals surface area (Å²) in [6.07, 6.45) is -5.85. The van der Waals surface area contributed by atoms with Crippen LogP contribution >= 0.6 is 11.6 Å². The zero-order valence-corrected chi connectivity index (χ0v) is 10.8. The topological polar surface area (TPSA) is 35.2 Å². The zero-order chi connectivity index (χ0) is 15.7. The lowest BCUT2D eigenvalue weighted by Gasteiger charge is -2.26. The lowest BCUT2D eigenvalue weighted by molar-refractivity contribution is -0.291. The first-order chi connectivity index (χ1) is 9.02. The summed E-state index contributed by atoms with van der Waals surface area (Å²) in [7, 11) is 0. The van der Waals surface area contributed by atoms with Gasteiger partial charge in [0.25, 0.3) is 0 Å². The summed E-state index contributed by atoms with van der Waals surface area (Å²) in [5, 5.41) is -0.435. The molecular formula is C11H10ClF6NO. The van der Waals surface area contributed by atoms with Crippen LogP contribution in [0, 0.1) is 5.82 Å². The van der Waals surface area contributed by atoms with Crippen molar-refractivity contribution in [1.82, 2.24) is 0 Å². The fourth-order valence-electron chi connectivity index (χ4n) is 1.43. The molecule has 0 radical (unpaired) electrons. The van der Waals surface area contributed by atoms with Crippen molar-refractivity contribution in [2.75, 3.05) is 6.61 Å². The standard InChI is InChI=1S/C11H10ClF6NO/c1-2-20-8-6(12)3-5(4-7(8)13)9(19)10(14,15)11(16,17)18/h3-4,9H,2,19H2,1H3/t9-/m0/s1. The number of ether oxygens (including phenoxy) is 1. The van der Waals surface area contributed by atoms with Crippen LogP contribution in [0.2, 0.25) is 5.02 Å². The Morgan fingerprint density at radius 3 is 2.20 bits per heavy atom. The van der Waals surface area contributed by atoms with Crippen LogP contribution in [0.15, 0.2) is 12.1 Å². The second-order valence-corrected chi connectivity index (χ2v) is 4.25. The molecule has 1 aromatic carbocycles. The molecule has 0 aliphatic heterocycles. The Hall–Kier alpha value is -1.15. The second kappa shape index (κ2) is 5.69. The van der Waals surface area contributed by atoms with E-state index in [1.54, 1.807) is 0 Å². The average Bonchev–Trinajstić information content (AvgIpc) is 2.31. The van der Waals surface area contributed by atoms with E-state index in [0.29, 0.717) is 6.07 Å². The molecule has 0 bridgehead atoms. The van der Waals surface area contributed by atoms with E-state index in [1.165, 1.54) is 6.92 Å². The molecule has 2 nitrogen and oxygen atoms in total. The maximum Gasteiger partial charge on any atom is 0.455 e. The van der Waals surface area contributed by atoms with Crippen molar-refractivity contribution in [1.29, 1.82) is 0 Å². The summed E-state index contributed by atoms with van der Waals surface area (Å²) in [4.78, 5) is 0. The van der Waals surface area contributed by atoms with Crippen LogP contribution in [0.4, 0.5) is 26.3 Å². The van der Waals surface area contributed by atoms with Gasteiger partial charge in [0.2, 0.25) is 0 Å². The minimum absolute atomic E-state index is 0.0424. The summed E-state index contributed by atoms with van der Waals surface area (Å²) in [6.45, 7) is 1.56. The van der Waals surface area contributed by atoms with Gasteiger partial charge in [-0.15, -0.1) is 0 Å². The molecule has 0 saturated carbocycles. The first kappa shape index (κ1) is 16.9. The summed E-state index contributed by atoms with van der Waals surface area (Å²) in [5.74, 6) is -6.81. The maximum absolute atomic E-state index is 13.6. The van der Waals surface area contributed by atoms with E-state index < -0.39 is 40.3 Å². The van der Waals surface area contributed by atoms with Crippen LogP contribution in [-0.4, -0.2) is 18.7 Å². The highest BCUT2D eigenvalue weighted by molar-refractivity contribution is 6.32. The number of nitrogens with two attached hydrogens (primary N) is 1. The van der Waals surface area contributed by atoms with Gasteiger partial charge in [-0.25, -0.2) is 4.39 Å². The van der Waals surface area contributed by atoms with Crippen LogP contribution in [0.1, 0.15) is 18.5 Å². The first-order valence-corrected chi connectivity index (χ1v) is 5.72. The molecule has 0 aromatic heterocycles. The van der Waals surface area contributed by atoms with Crippen molar-refractivity contribution in [2.45, 2.75) is 25.1 Å². The van der Waals surface area contributed by atoms with Gasteiger partial charge in [0.1, 0.15) is 6.04 Å². The van der Waals surface area contributed by atoms with Crippen molar-refractivity contribution in [3.63, 3.8) is 0 Å². The van der Waals surface area contributed by atoms with Crippen LogP contribution in [-0.2, 0) is 0 Å². The molecule has 0 amide bonds. The van der Waals surface area contributed by atoms with Crippen molar-refractivity contribution < 1.29 is 31.1 Å². The Bertz CT molecular complexity index is 467. The van der Waals surface area contributed by atoms with Gasteiger partial charge in [0.15, 0.2) is 11.6 Å². The van der Waals surface area contributed by atoms with E-state index >= 15 is 0 Å². The molecule has 0 aliphatic rings. The van der Waals surface area contributed by atoms with Gasteiger partial charge in [0.05, 0.1) is 11.6 Å². The lowest BCUT2D eigenvalue weighted by Crippen LogP contribution is -2.45. The Balaban J connectivity index is 3.22. The number of hydrogen-bond donors (Lipinski definition) is 1. The predicted molar refractivity (Wildman–Crippen MR) is 60.5 cm³/mol. The van der Waals surface area contributed by atoms with Gasteiger partial charge >= 0.3 is 12.1 Å². The lowest BCUT2D eigenvalue weighted by atomic mass is 10.0. The molecule has 1 atom stereocenters. The molecule has 2 N–H and O–H groups in total. The van der Waals surface area contributed by atoms with Gasteiger partial charge in [-0.3, -0.25) is 0 Å². The summed E-state index contributed by atoms with van der Waals surface area (Å²) in [5.41, 5.74) is 4.11. The zero-order valence-electron chi connectivity index (χ0n) is 10.1. The van der Waals surface area contributed by atoms with Gasteiger partial charge < -0.3 is 10.5 Å². The monoisotopic (exact) mass is 321 g/mol. The molecule has 0 heterocycles. The molecule has 9 heteroatoms. The van der Waals surface area contributed by atoms with Gasteiger partial charge in [0, 0.05) is 0 Å². The number of benzene rings is 1. The molecule has 0 unspecified atom stereocenters. The molecule has 114 valence electrons. The Morgan fingerprint density at radius 1 is 1.25 bits per heavy atom. The normalized spacial score (nSPS) is 14.2. The van der Waals surface area contributed by atoms with Crippen molar-refractivity contribution >= 4 is 11.6 Å². The Morgan fingerprint density at radius 2 is 1.80 bits per heavy atom. The minimum Gasteiger partial charge on any atom is -0.489 e. The maximum atomic E-state index is 13.6. The number of alkyl halides is 5. The highest BCUT2D eigenvalue weighted by Crippen LogP contribution is 2.44.